The van der Waals surface area contributed by atoms with E-state index in [1.165, 1.54) is 11.3 Å². The van der Waals surface area contributed by atoms with E-state index >= 15 is 0 Å². The molecule has 0 radical (unpaired) electrons. The summed E-state index contributed by atoms with van der Waals surface area (Å²) in [5, 5.41) is 8.23. The van der Waals surface area contributed by atoms with E-state index in [-0.39, 0.29) is 12.2 Å². The lowest BCUT2D eigenvalue weighted by Gasteiger charge is -2.12. The minimum Gasteiger partial charge on any atom is -0.496 e. The molecular weight excluding hydrogens is 424 g/mol. The molecule has 8 heteroatoms. The van der Waals surface area contributed by atoms with Crippen LogP contribution in [0.4, 0.5) is 15.5 Å². The molecule has 0 unspecified atom stereocenters. The number of halogens is 1. The fourth-order valence-corrected chi connectivity index (χ4v) is 3.95. The third kappa shape index (κ3) is 4.93. The SMILES string of the molecule is CCOC(=O)c1c(-c2cc(C)ccc2OC)csc1NC(=O)Nc1ccc(Cl)cc1. The molecule has 6 nitrogen and oxygen atoms in total. The largest absolute Gasteiger partial charge is 0.496 e. The van der Waals surface area contributed by atoms with Crippen LogP contribution >= 0.6 is 22.9 Å². The van der Waals surface area contributed by atoms with Crippen molar-refractivity contribution in [2.75, 3.05) is 24.4 Å². The third-order valence-corrected chi connectivity index (χ3v) is 5.39. The van der Waals surface area contributed by atoms with E-state index in [9.17, 15) is 9.59 Å². The Bertz CT molecular complexity index is 1060. The number of aryl methyl sites for hydroxylation is 1. The zero-order valence-corrected chi connectivity index (χ0v) is 18.3. The van der Waals surface area contributed by atoms with Gasteiger partial charge in [0, 0.05) is 27.2 Å². The van der Waals surface area contributed by atoms with Gasteiger partial charge < -0.3 is 14.8 Å². The Balaban J connectivity index is 1.95. The van der Waals surface area contributed by atoms with Gasteiger partial charge in [-0.3, -0.25) is 5.32 Å². The number of rotatable bonds is 6. The van der Waals surface area contributed by atoms with Crippen LogP contribution in [-0.4, -0.2) is 25.7 Å². The summed E-state index contributed by atoms with van der Waals surface area (Å²) >= 11 is 7.11. The van der Waals surface area contributed by atoms with Gasteiger partial charge in [-0.05, 0) is 50.2 Å². The molecule has 30 heavy (non-hydrogen) atoms. The van der Waals surface area contributed by atoms with Crippen LogP contribution in [0, 0.1) is 6.92 Å². The number of amides is 2. The highest BCUT2D eigenvalue weighted by atomic mass is 35.5. The molecule has 156 valence electrons. The maximum atomic E-state index is 12.7. The number of esters is 1. The van der Waals surface area contributed by atoms with Crippen molar-refractivity contribution in [2.45, 2.75) is 13.8 Å². The molecule has 0 aliphatic carbocycles. The first-order valence-electron chi connectivity index (χ1n) is 9.20. The molecule has 2 N–H and O–H groups in total. The molecule has 1 aromatic heterocycles. The molecule has 0 aliphatic heterocycles. The van der Waals surface area contributed by atoms with Gasteiger partial charge in [0.15, 0.2) is 0 Å². The molecule has 2 aromatic carbocycles. The Hall–Kier alpha value is -3.03. The number of hydrogen-bond donors (Lipinski definition) is 2. The number of benzene rings is 2. The normalized spacial score (nSPS) is 10.4. The fraction of sp³-hybridized carbons (Fsp3) is 0.182. The molecule has 3 aromatic rings. The minimum absolute atomic E-state index is 0.218. The predicted molar refractivity (Wildman–Crippen MR) is 121 cm³/mol. The summed E-state index contributed by atoms with van der Waals surface area (Å²) in [6.45, 7) is 3.91. The highest BCUT2D eigenvalue weighted by molar-refractivity contribution is 7.15. The van der Waals surface area contributed by atoms with Crippen LogP contribution < -0.4 is 15.4 Å². The van der Waals surface area contributed by atoms with Gasteiger partial charge in [0.2, 0.25) is 0 Å². The maximum absolute atomic E-state index is 12.7. The van der Waals surface area contributed by atoms with E-state index in [0.29, 0.717) is 27.0 Å². The molecule has 3 rings (SSSR count). The van der Waals surface area contributed by atoms with Gasteiger partial charge in [-0.2, -0.15) is 0 Å². The van der Waals surface area contributed by atoms with Crippen molar-refractivity contribution in [1.82, 2.24) is 0 Å². The fourth-order valence-electron chi connectivity index (χ4n) is 2.89. The van der Waals surface area contributed by atoms with Crippen LogP contribution in [0.3, 0.4) is 0 Å². The van der Waals surface area contributed by atoms with E-state index in [0.717, 1.165) is 11.1 Å². The Kier molecular flexibility index (Phi) is 6.97. The molecular formula is C22H21ClN2O4S. The molecule has 0 aliphatic rings. The second kappa shape index (κ2) is 9.65. The van der Waals surface area contributed by atoms with Crippen LogP contribution in [0.2, 0.25) is 5.02 Å². The highest BCUT2D eigenvalue weighted by Gasteiger charge is 2.24. The lowest BCUT2D eigenvalue weighted by Crippen LogP contribution is -2.20. The van der Waals surface area contributed by atoms with Gasteiger partial charge in [0.25, 0.3) is 0 Å². The minimum atomic E-state index is -0.515. The smallest absolute Gasteiger partial charge is 0.341 e. The second-order valence-corrected chi connectivity index (χ2v) is 7.68. The topological polar surface area (TPSA) is 76.7 Å². The third-order valence-electron chi connectivity index (χ3n) is 4.24. The Labute approximate surface area is 183 Å². The quantitative estimate of drug-likeness (QED) is 0.443. The summed E-state index contributed by atoms with van der Waals surface area (Å²) in [5.41, 5.74) is 3.27. The van der Waals surface area contributed by atoms with Crippen molar-refractivity contribution in [3.8, 4) is 16.9 Å². The molecule has 2 amide bonds. The number of carbonyl (C=O) groups excluding carboxylic acids is 2. The van der Waals surface area contributed by atoms with Crippen molar-refractivity contribution in [3.05, 3.63) is 64.0 Å². The summed E-state index contributed by atoms with van der Waals surface area (Å²) in [5.74, 6) is 0.111. The number of thiophene rings is 1. The molecule has 0 fully saturated rings. The number of methoxy groups -OCH3 is 1. The molecule has 0 saturated heterocycles. The van der Waals surface area contributed by atoms with Gasteiger partial charge in [0.1, 0.15) is 16.3 Å². The summed E-state index contributed by atoms with van der Waals surface area (Å²) in [7, 11) is 1.57. The first-order valence-corrected chi connectivity index (χ1v) is 10.5. The lowest BCUT2D eigenvalue weighted by molar-refractivity contribution is 0.0529. The first kappa shape index (κ1) is 21.7. The molecule has 0 saturated carbocycles. The number of nitrogens with one attached hydrogen (secondary N) is 2. The number of anilines is 2. The summed E-state index contributed by atoms with van der Waals surface area (Å²) in [6.07, 6.45) is 0. The van der Waals surface area contributed by atoms with Crippen molar-refractivity contribution < 1.29 is 19.1 Å². The number of hydrogen-bond acceptors (Lipinski definition) is 5. The first-order chi connectivity index (χ1) is 14.4. The maximum Gasteiger partial charge on any atom is 0.341 e. The standard InChI is InChI=1S/C22H21ClN2O4S/c1-4-29-21(26)19-17(16-11-13(2)5-10-18(16)28-3)12-30-20(19)25-22(27)24-15-8-6-14(23)7-9-15/h5-12H,4H2,1-3H3,(H2,24,25,27). The average Bonchev–Trinajstić information content (AvgIpc) is 3.13. The summed E-state index contributed by atoms with van der Waals surface area (Å²) in [4.78, 5) is 25.2. The van der Waals surface area contributed by atoms with Gasteiger partial charge >= 0.3 is 12.0 Å². The van der Waals surface area contributed by atoms with E-state index in [4.69, 9.17) is 21.1 Å². The van der Waals surface area contributed by atoms with E-state index in [1.54, 1.807) is 43.7 Å². The highest BCUT2D eigenvalue weighted by Crippen LogP contribution is 2.40. The van der Waals surface area contributed by atoms with Crippen LogP contribution in [0.25, 0.3) is 11.1 Å². The van der Waals surface area contributed by atoms with Gasteiger partial charge in [-0.15, -0.1) is 11.3 Å². The number of urea groups is 1. The van der Waals surface area contributed by atoms with Gasteiger partial charge in [0.05, 0.1) is 13.7 Å². The average molecular weight is 445 g/mol. The van der Waals surface area contributed by atoms with Gasteiger partial charge in [-0.1, -0.05) is 23.2 Å². The molecule has 0 atom stereocenters. The Morgan fingerprint density at radius 1 is 1.07 bits per heavy atom. The van der Waals surface area contributed by atoms with Crippen LogP contribution in [0.5, 0.6) is 5.75 Å². The monoisotopic (exact) mass is 444 g/mol. The van der Waals surface area contributed by atoms with Crippen LogP contribution in [0.15, 0.2) is 47.8 Å². The van der Waals surface area contributed by atoms with Crippen LogP contribution in [-0.2, 0) is 4.74 Å². The Morgan fingerprint density at radius 2 is 1.80 bits per heavy atom. The van der Waals surface area contributed by atoms with E-state index < -0.39 is 12.0 Å². The van der Waals surface area contributed by atoms with E-state index in [1.807, 2.05) is 25.1 Å². The molecule has 1 heterocycles. The lowest BCUT2D eigenvalue weighted by atomic mass is 10.0. The summed E-state index contributed by atoms with van der Waals surface area (Å²) < 4.78 is 10.7. The molecule has 0 spiro atoms. The van der Waals surface area contributed by atoms with Crippen molar-refractivity contribution in [2.24, 2.45) is 0 Å². The summed E-state index contributed by atoms with van der Waals surface area (Å²) in [6, 6.07) is 11.9. The number of carbonyl (C=O) groups is 2. The van der Waals surface area contributed by atoms with Crippen LogP contribution in [0.1, 0.15) is 22.8 Å². The van der Waals surface area contributed by atoms with Gasteiger partial charge in [-0.25, -0.2) is 9.59 Å². The Morgan fingerprint density at radius 3 is 2.47 bits per heavy atom. The zero-order chi connectivity index (χ0) is 21.7. The molecule has 0 bridgehead atoms. The van der Waals surface area contributed by atoms with Crippen molar-refractivity contribution in [3.63, 3.8) is 0 Å². The van der Waals surface area contributed by atoms with Crippen molar-refractivity contribution in [1.29, 1.82) is 0 Å². The second-order valence-electron chi connectivity index (χ2n) is 6.36. The predicted octanol–water partition coefficient (Wildman–Crippen LogP) is 6.21. The zero-order valence-electron chi connectivity index (χ0n) is 16.7. The van der Waals surface area contributed by atoms with E-state index in [2.05, 4.69) is 10.6 Å². The number of ether oxygens (including phenoxy) is 2. The van der Waals surface area contributed by atoms with Crippen molar-refractivity contribution >= 4 is 45.6 Å².